The molecule has 2 atom stereocenters. The van der Waals surface area contributed by atoms with Gasteiger partial charge in [0.15, 0.2) is 11.6 Å². The molecule has 112 valence electrons. The van der Waals surface area contributed by atoms with E-state index < -0.39 is 29.7 Å². The van der Waals surface area contributed by atoms with Crippen molar-refractivity contribution in [1.29, 1.82) is 0 Å². The molecule has 0 aliphatic rings. The minimum atomic E-state index is -1.27. The van der Waals surface area contributed by atoms with E-state index in [1.54, 1.807) is 0 Å². The highest BCUT2D eigenvalue weighted by Crippen LogP contribution is 2.21. The molecule has 3 N–H and O–H groups in total. The number of rotatable bonds is 8. The molecule has 0 aliphatic heterocycles. The number of methoxy groups -OCH3 is 1. The number of benzene rings is 1. The molecule has 20 heavy (non-hydrogen) atoms. The van der Waals surface area contributed by atoms with Crippen molar-refractivity contribution in [3.8, 4) is 0 Å². The van der Waals surface area contributed by atoms with Crippen molar-refractivity contribution in [3.05, 3.63) is 35.4 Å². The number of hydrogen-bond acceptors (Lipinski definition) is 4. The van der Waals surface area contributed by atoms with Crippen molar-refractivity contribution in [1.82, 2.24) is 5.32 Å². The summed E-state index contributed by atoms with van der Waals surface area (Å²) in [6, 6.07) is 2.14. The Hall–Kier alpha value is -1.57. The summed E-state index contributed by atoms with van der Waals surface area (Å²) in [5.41, 5.74) is 0.111. The van der Waals surface area contributed by atoms with Gasteiger partial charge in [0.1, 0.15) is 0 Å². The van der Waals surface area contributed by atoms with E-state index in [0.29, 0.717) is 13.2 Å². The summed E-state index contributed by atoms with van der Waals surface area (Å²) >= 11 is 0. The number of nitrogens with one attached hydrogen (secondary N) is 1. The summed E-state index contributed by atoms with van der Waals surface area (Å²) in [6.07, 6.45) is -1.62. The first kappa shape index (κ1) is 16.5. The molecule has 0 bridgehead atoms. The zero-order chi connectivity index (χ0) is 15.1. The van der Waals surface area contributed by atoms with Crippen LogP contribution in [0.1, 0.15) is 18.1 Å². The largest absolute Gasteiger partial charge is 0.481 e. The number of aliphatic carboxylic acids is 1. The van der Waals surface area contributed by atoms with Crippen molar-refractivity contribution in [2.45, 2.75) is 18.6 Å². The van der Waals surface area contributed by atoms with Gasteiger partial charge >= 0.3 is 5.97 Å². The first-order chi connectivity index (χ1) is 9.45. The lowest BCUT2D eigenvalue weighted by Crippen LogP contribution is -2.38. The molecule has 0 saturated carbocycles. The van der Waals surface area contributed by atoms with Gasteiger partial charge in [-0.2, -0.15) is 0 Å². The van der Waals surface area contributed by atoms with Crippen LogP contribution < -0.4 is 5.32 Å². The van der Waals surface area contributed by atoms with Crippen LogP contribution in [0, 0.1) is 11.6 Å². The maximum Gasteiger partial charge on any atom is 0.305 e. The molecule has 0 heterocycles. The van der Waals surface area contributed by atoms with E-state index in [1.165, 1.54) is 13.2 Å². The molecule has 1 aromatic carbocycles. The highest BCUT2D eigenvalue weighted by atomic mass is 19.2. The zero-order valence-corrected chi connectivity index (χ0v) is 11.0. The van der Waals surface area contributed by atoms with E-state index in [9.17, 15) is 18.7 Å². The Bertz CT molecular complexity index is 456. The van der Waals surface area contributed by atoms with Gasteiger partial charge in [-0.05, 0) is 17.7 Å². The quantitative estimate of drug-likeness (QED) is 0.624. The average Bonchev–Trinajstić information content (AvgIpc) is 2.40. The number of carboxylic acid groups (broad SMARTS) is 1. The fraction of sp³-hybridized carbons (Fsp3) is 0.462. The molecule has 1 rings (SSSR count). The van der Waals surface area contributed by atoms with E-state index in [2.05, 4.69) is 5.32 Å². The minimum absolute atomic E-state index is 0.111. The van der Waals surface area contributed by atoms with Crippen LogP contribution in [-0.2, 0) is 9.53 Å². The van der Waals surface area contributed by atoms with Crippen LogP contribution in [0.15, 0.2) is 18.2 Å². The second kappa shape index (κ2) is 7.88. The van der Waals surface area contributed by atoms with Gasteiger partial charge in [0.25, 0.3) is 0 Å². The van der Waals surface area contributed by atoms with Gasteiger partial charge in [0, 0.05) is 19.7 Å². The topological polar surface area (TPSA) is 78.8 Å². The smallest absolute Gasteiger partial charge is 0.305 e. The minimum Gasteiger partial charge on any atom is -0.481 e. The van der Waals surface area contributed by atoms with E-state index in [1.807, 2.05) is 0 Å². The predicted molar refractivity (Wildman–Crippen MR) is 67.2 cm³/mol. The molecule has 0 spiro atoms. The van der Waals surface area contributed by atoms with Crippen LogP contribution in [0.25, 0.3) is 0 Å². The van der Waals surface area contributed by atoms with Crippen LogP contribution in [0.2, 0.25) is 0 Å². The summed E-state index contributed by atoms with van der Waals surface area (Å²) in [4.78, 5) is 10.8. The standard InChI is InChI=1S/C13H17F2NO4/c1-20-5-4-16-11(7-12(17)18)13(19)8-2-3-9(14)10(15)6-8/h2-3,6,11,13,16,19H,4-5,7H2,1H3,(H,17,18). The van der Waals surface area contributed by atoms with Gasteiger partial charge in [0.2, 0.25) is 0 Å². The molecule has 0 radical (unpaired) electrons. The Morgan fingerprint density at radius 1 is 1.40 bits per heavy atom. The lowest BCUT2D eigenvalue weighted by atomic mass is 9.99. The molecular weight excluding hydrogens is 272 g/mol. The number of aliphatic hydroxyl groups excluding tert-OH is 1. The summed E-state index contributed by atoms with van der Waals surface area (Å²) in [5, 5.41) is 21.7. The molecule has 7 heteroatoms. The third kappa shape index (κ3) is 4.84. The molecule has 0 aromatic heterocycles. The zero-order valence-electron chi connectivity index (χ0n) is 11.0. The summed E-state index contributed by atoms with van der Waals surface area (Å²) < 4.78 is 30.8. The van der Waals surface area contributed by atoms with E-state index in [4.69, 9.17) is 9.84 Å². The van der Waals surface area contributed by atoms with Gasteiger partial charge < -0.3 is 20.3 Å². The molecule has 2 unspecified atom stereocenters. The highest BCUT2D eigenvalue weighted by molar-refractivity contribution is 5.67. The third-order valence-corrected chi connectivity index (χ3v) is 2.77. The fourth-order valence-corrected chi connectivity index (χ4v) is 1.76. The van der Waals surface area contributed by atoms with E-state index in [-0.39, 0.29) is 12.0 Å². The first-order valence-corrected chi connectivity index (χ1v) is 6.02. The van der Waals surface area contributed by atoms with Crippen LogP contribution >= 0.6 is 0 Å². The monoisotopic (exact) mass is 289 g/mol. The van der Waals surface area contributed by atoms with E-state index in [0.717, 1.165) is 12.1 Å². The lowest BCUT2D eigenvalue weighted by Gasteiger charge is -2.23. The van der Waals surface area contributed by atoms with Crippen molar-refractivity contribution in [3.63, 3.8) is 0 Å². The number of carboxylic acids is 1. The highest BCUT2D eigenvalue weighted by Gasteiger charge is 2.24. The normalized spacial score (nSPS) is 14.0. The Labute approximate surface area is 115 Å². The van der Waals surface area contributed by atoms with Gasteiger partial charge in [-0.3, -0.25) is 4.79 Å². The molecular formula is C13H17F2NO4. The molecule has 1 aromatic rings. The Morgan fingerprint density at radius 3 is 2.65 bits per heavy atom. The van der Waals surface area contributed by atoms with Crippen molar-refractivity contribution in [2.75, 3.05) is 20.3 Å². The van der Waals surface area contributed by atoms with Crippen LogP contribution in [0.3, 0.4) is 0 Å². The molecule has 0 amide bonds. The number of carbonyl (C=O) groups is 1. The fourth-order valence-electron chi connectivity index (χ4n) is 1.76. The van der Waals surface area contributed by atoms with Crippen molar-refractivity contribution in [2.24, 2.45) is 0 Å². The Kier molecular flexibility index (Phi) is 6.50. The second-order valence-electron chi connectivity index (χ2n) is 4.27. The Balaban J connectivity index is 2.81. The predicted octanol–water partition coefficient (Wildman–Crippen LogP) is 1.08. The summed E-state index contributed by atoms with van der Waals surface area (Å²) in [6.45, 7) is 0.663. The van der Waals surface area contributed by atoms with Crippen LogP contribution in [0.4, 0.5) is 8.78 Å². The number of ether oxygens (including phenoxy) is 1. The van der Waals surface area contributed by atoms with Gasteiger partial charge in [-0.25, -0.2) is 8.78 Å². The van der Waals surface area contributed by atoms with Crippen molar-refractivity contribution >= 4 is 5.97 Å². The van der Waals surface area contributed by atoms with Crippen LogP contribution in [0.5, 0.6) is 0 Å². The third-order valence-electron chi connectivity index (χ3n) is 2.77. The lowest BCUT2D eigenvalue weighted by molar-refractivity contribution is -0.138. The average molecular weight is 289 g/mol. The number of hydrogen-bond donors (Lipinski definition) is 3. The maximum atomic E-state index is 13.1. The molecule has 0 aliphatic carbocycles. The SMILES string of the molecule is COCCNC(CC(=O)O)C(O)c1ccc(F)c(F)c1. The van der Waals surface area contributed by atoms with Gasteiger partial charge in [0.05, 0.1) is 19.1 Å². The molecule has 0 fully saturated rings. The Morgan fingerprint density at radius 2 is 2.10 bits per heavy atom. The number of halogens is 2. The van der Waals surface area contributed by atoms with Crippen LogP contribution in [-0.4, -0.2) is 42.5 Å². The molecule has 0 saturated heterocycles. The second-order valence-corrected chi connectivity index (χ2v) is 4.27. The number of aliphatic hydroxyl groups is 1. The summed E-state index contributed by atoms with van der Waals surface area (Å²) in [7, 11) is 1.49. The maximum absolute atomic E-state index is 13.1. The van der Waals surface area contributed by atoms with Gasteiger partial charge in [-0.15, -0.1) is 0 Å². The summed E-state index contributed by atoms with van der Waals surface area (Å²) in [5.74, 6) is -3.22. The molecule has 5 nitrogen and oxygen atoms in total. The van der Waals surface area contributed by atoms with Gasteiger partial charge in [-0.1, -0.05) is 6.07 Å². The van der Waals surface area contributed by atoms with Crippen molar-refractivity contribution < 1.29 is 28.5 Å². The van der Waals surface area contributed by atoms with E-state index >= 15 is 0 Å². The first-order valence-electron chi connectivity index (χ1n) is 6.02.